The van der Waals surface area contributed by atoms with Crippen molar-refractivity contribution in [3.05, 3.63) is 33.8 Å². The minimum absolute atomic E-state index is 0.621. The summed E-state index contributed by atoms with van der Waals surface area (Å²) in [7, 11) is 1.66. The Morgan fingerprint density at radius 1 is 1.18 bits per heavy atom. The van der Waals surface area contributed by atoms with Gasteiger partial charge in [0.15, 0.2) is 0 Å². The third-order valence-corrected chi connectivity index (χ3v) is 2.78. The molecule has 0 heterocycles. The van der Waals surface area contributed by atoms with E-state index in [1.54, 1.807) is 19.2 Å². The van der Waals surface area contributed by atoms with Crippen LogP contribution < -0.4 is 5.32 Å². The van der Waals surface area contributed by atoms with E-state index in [4.69, 9.17) is 32.7 Å². The van der Waals surface area contributed by atoms with Crippen molar-refractivity contribution in [1.82, 2.24) is 5.32 Å². The van der Waals surface area contributed by atoms with E-state index in [0.717, 1.165) is 17.1 Å². The van der Waals surface area contributed by atoms with Crippen LogP contribution in [0.3, 0.4) is 0 Å². The second kappa shape index (κ2) is 8.72. The van der Waals surface area contributed by atoms with E-state index in [2.05, 4.69) is 5.32 Å². The average molecular weight is 278 g/mol. The first-order valence-electron chi connectivity index (χ1n) is 5.45. The van der Waals surface area contributed by atoms with Crippen LogP contribution >= 0.6 is 23.2 Å². The first-order chi connectivity index (χ1) is 8.24. The minimum atomic E-state index is 0.621. The van der Waals surface area contributed by atoms with Crippen molar-refractivity contribution in [2.24, 2.45) is 0 Å². The first-order valence-corrected chi connectivity index (χ1v) is 6.21. The molecule has 0 saturated heterocycles. The van der Waals surface area contributed by atoms with Gasteiger partial charge >= 0.3 is 0 Å². The zero-order valence-corrected chi connectivity index (χ0v) is 11.4. The Balaban J connectivity index is 2.15. The first kappa shape index (κ1) is 14.7. The van der Waals surface area contributed by atoms with Crippen molar-refractivity contribution in [1.29, 1.82) is 0 Å². The zero-order valence-electron chi connectivity index (χ0n) is 9.84. The van der Waals surface area contributed by atoms with Gasteiger partial charge in [-0.1, -0.05) is 23.2 Å². The summed E-state index contributed by atoms with van der Waals surface area (Å²) in [5.41, 5.74) is 0.996. The van der Waals surface area contributed by atoms with Crippen LogP contribution in [0.2, 0.25) is 10.0 Å². The third-order valence-electron chi connectivity index (χ3n) is 2.18. The van der Waals surface area contributed by atoms with Crippen LogP contribution in [0.15, 0.2) is 18.2 Å². The highest BCUT2D eigenvalue weighted by atomic mass is 35.5. The number of halogens is 2. The fourth-order valence-corrected chi connectivity index (χ4v) is 1.67. The number of benzene rings is 1. The lowest BCUT2D eigenvalue weighted by molar-refractivity contribution is 0.0719. The lowest BCUT2D eigenvalue weighted by atomic mass is 10.2. The molecule has 1 aromatic carbocycles. The Labute approximate surface area is 112 Å². The van der Waals surface area contributed by atoms with Crippen LogP contribution in [0.5, 0.6) is 0 Å². The molecule has 0 atom stereocenters. The van der Waals surface area contributed by atoms with E-state index < -0.39 is 0 Å². The summed E-state index contributed by atoms with van der Waals surface area (Å²) in [5, 5.41) is 4.66. The van der Waals surface area contributed by atoms with Crippen LogP contribution in [-0.2, 0) is 16.0 Å². The number of hydrogen-bond acceptors (Lipinski definition) is 3. The topological polar surface area (TPSA) is 30.5 Å². The molecular formula is C12H17Cl2NO2. The van der Waals surface area contributed by atoms with Crippen molar-refractivity contribution in [3.8, 4) is 0 Å². The van der Waals surface area contributed by atoms with Gasteiger partial charge in [-0.2, -0.15) is 0 Å². The van der Waals surface area contributed by atoms with Gasteiger partial charge < -0.3 is 14.8 Å². The molecule has 1 rings (SSSR count). The average Bonchev–Trinajstić information content (AvgIpc) is 2.32. The van der Waals surface area contributed by atoms with E-state index >= 15 is 0 Å². The van der Waals surface area contributed by atoms with E-state index in [1.807, 2.05) is 6.07 Å². The van der Waals surface area contributed by atoms with Crippen LogP contribution in [0.25, 0.3) is 0 Å². The van der Waals surface area contributed by atoms with E-state index in [1.165, 1.54) is 0 Å². The maximum absolute atomic E-state index is 6.03. The second-order valence-corrected chi connectivity index (χ2v) is 4.36. The highest BCUT2D eigenvalue weighted by Crippen LogP contribution is 2.20. The van der Waals surface area contributed by atoms with Gasteiger partial charge in [0, 0.05) is 30.2 Å². The summed E-state index contributed by atoms with van der Waals surface area (Å²) in [6, 6.07) is 5.44. The molecular weight excluding hydrogens is 261 g/mol. The number of hydrogen-bond donors (Lipinski definition) is 1. The largest absolute Gasteiger partial charge is 0.382 e. The maximum Gasteiger partial charge on any atom is 0.0700 e. The number of nitrogens with one attached hydrogen (secondary N) is 1. The molecule has 0 saturated carbocycles. The molecule has 5 heteroatoms. The van der Waals surface area contributed by atoms with E-state index in [-0.39, 0.29) is 0 Å². The summed E-state index contributed by atoms with van der Waals surface area (Å²) in [6.07, 6.45) is 0. The van der Waals surface area contributed by atoms with Crippen LogP contribution in [0.1, 0.15) is 5.56 Å². The summed E-state index contributed by atoms with van der Waals surface area (Å²) in [5.74, 6) is 0. The lowest BCUT2D eigenvalue weighted by Gasteiger charge is -2.07. The Hall–Kier alpha value is -0.320. The summed E-state index contributed by atoms with van der Waals surface area (Å²) >= 11 is 11.9. The van der Waals surface area contributed by atoms with Crippen LogP contribution in [0, 0.1) is 0 Å². The SMILES string of the molecule is COCCOCCNCc1cc(Cl)ccc1Cl. The molecule has 0 unspecified atom stereocenters. The molecule has 0 aliphatic rings. The van der Waals surface area contributed by atoms with Gasteiger partial charge in [0.1, 0.15) is 0 Å². The molecule has 96 valence electrons. The molecule has 0 fully saturated rings. The lowest BCUT2D eigenvalue weighted by Crippen LogP contribution is -2.20. The van der Waals surface area contributed by atoms with Gasteiger partial charge in [0.05, 0.1) is 19.8 Å². The fourth-order valence-electron chi connectivity index (χ4n) is 1.29. The predicted molar refractivity (Wildman–Crippen MR) is 70.9 cm³/mol. The van der Waals surface area contributed by atoms with Crippen molar-refractivity contribution in [2.75, 3.05) is 33.5 Å². The van der Waals surface area contributed by atoms with Crippen LogP contribution in [0.4, 0.5) is 0 Å². The Morgan fingerprint density at radius 3 is 2.76 bits per heavy atom. The molecule has 1 aromatic rings. The Morgan fingerprint density at radius 2 is 2.00 bits per heavy atom. The molecule has 1 N–H and O–H groups in total. The highest BCUT2D eigenvalue weighted by molar-refractivity contribution is 6.33. The number of ether oxygens (including phenoxy) is 2. The molecule has 0 radical (unpaired) electrons. The summed E-state index contributed by atoms with van der Waals surface area (Å²) < 4.78 is 10.2. The quantitative estimate of drug-likeness (QED) is 0.742. The molecule has 0 bridgehead atoms. The molecule has 0 spiro atoms. The van der Waals surface area contributed by atoms with Crippen molar-refractivity contribution in [2.45, 2.75) is 6.54 Å². The molecule has 3 nitrogen and oxygen atoms in total. The van der Waals surface area contributed by atoms with Gasteiger partial charge in [0.25, 0.3) is 0 Å². The molecule has 17 heavy (non-hydrogen) atoms. The number of rotatable bonds is 8. The van der Waals surface area contributed by atoms with E-state index in [0.29, 0.717) is 31.4 Å². The fraction of sp³-hybridized carbons (Fsp3) is 0.500. The van der Waals surface area contributed by atoms with Gasteiger partial charge in [-0.05, 0) is 23.8 Å². The highest BCUT2D eigenvalue weighted by Gasteiger charge is 2.00. The Bertz CT molecular complexity index is 334. The van der Waals surface area contributed by atoms with Crippen LogP contribution in [-0.4, -0.2) is 33.5 Å². The maximum atomic E-state index is 6.03. The molecule has 0 aliphatic heterocycles. The molecule has 0 aromatic heterocycles. The second-order valence-electron chi connectivity index (χ2n) is 3.52. The van der Waals surface area contributed by atoms with Gasteiger partial charge in [-0.3, -0.25) is 0 Å². The molecule has 0 aliphatic carbocycles. The normalized spacial score (nSPS) is 10.8. The van der Waals surface area contributed by atoms with Crippen molar-refractivity contribution < 1.29 is 9.47 Å². The van der Waals surface area contributed by atoms with Gasteiger partial charge in [0.2, 0.25) is 0 Å². The van der Waals surface area contributed by atoms with Gasteiger partial charge in [-0.15, -0.1) is 0 Å². The summed E-state index contributed by atoms with van der Waals surface area (Å²) in [6.45, 7) is 3.36. The minimum Gasteiger partial charge on any atom is -0.382 e. The van der Waals surface area contributed by atoms with Crippen molar-refractivity contribution in [3.63, 3.8) is 0 Å². The zero-order chi connectivity index (χ0) is 12.5. The predicted octanol–water partition coefficient (Wildman–Crippen LogP) is 2.75. The van der Waals surface area contributed by atoms with E-state index in [9.17, 15) is 0 Å². The number of methoxy groups -OCH3 is 1. The smallest absolute Gasteiger partial charge is 0.0700 e. The molecule has 0 amide bonds. The van der Waals surface area contributed by atoms with Gasteiger partial charge in [-0.25, -0.2) is 0 Å². The standard InChI is InChI=1S/C12H17Cl2NO2/c1-16-6-7-17-5-4-15-9-10-8-11(13)2-3-12(10)14/h2-3,8,15H,4-7,9H2,1H3. The van der Waals surface area contributed by atoms with Crippen molar-refractivity contribution >= 4 is 23.2 Å². The monoisotopic (exact) mass is 277 g/mol. The Kier molecular flexibility index (Phi) is 7.56. The third kappa shape index (κ3) is 6.24. The summed E-state index contributed by atoms with van der Waals surface area (Å²) in [4.78, 5) is 0.